The minimum Gasteiger partial charge on any atom is -0.401 e. The molecule has 0 unspecified atom stereocenters. The van der Waals surface area contributed by atoms with Crippen LogP contribution < -0.4 is 5.19 Å². The lowest BCUT2D eigenvalue weighted by Crippen LogP contribution is -2.45. The van der Waals surface area contributed by atoms with E-state index in [4.69, 9.17) is 4.43 Å². The predicted octanol–water partition coefficient (Wildman–Crippen LogP) is 6.30. The maximum absolute atomic E-state index is 6.96. The Morgan fingerprint density at radius 1 is 0.704 bits per heavy atom. The molecule has 1 heterocycles. The summed E-state index contributed by atoms with van der Waals surface area (Å²) in [5.74, 6) is 0. The molecule has 0 N–H and O–H groups in total. The quantitative estimate of drug-likeness (QED) is 0.385. The Bertz CT molecular complexity index is 1140. The summed E-state index contributed by atoms with van der Waals surface area (Å²) in [6.07, 6.45) is 0.0563. The summed E-state index contributed by atoms with van der Waals surface area (Å²) in [5.41, 5.74) is 2.67. The van der Waals surface area contributed by atoms with Crippen molar-refractivity contribution >= 4 is 35.0 Å². The second-order valence-corrected chi connectivity index (χ2v) is 11.8. The van der Waals surface area contributed by atoms with Gasteiger partial charge in [-0.2, -0.15) is 0 Å². The monoisotopic (exact) mass is 368 g/mol. The molecule has 5 rings (SSSR count). The first kappa shape index (κ1) is 16.7. The molecule has 0 aromatic heterocycles. The Morgan fingerprint density at radius 3 is 1.96 bits per heavy atom. The number of fused-ring (bicyclic) bond motifs is 3. The zero-order valence-electron chi connectivity index (χ0n) is 15.9. The van der Waals surface area contributed by atoms with E-state index in [1.807, 2.05) is 0 Å². The number of hydrogen-bond acceptors (Lipinski definition) is 1. The van der Waals surface area contributed by atoms with Crippen molar-refractivity contribution < 1.29 is 4.43 Å². The SMILES string of the molecule is CC[Si]1(CC)O[C@H](c2ccc3ccccc3c2)c2cc3ccccc3cc21. The van der Waals surface area contributed by atoms with Crippen molar-refractivity contribution in [3.63, 3.8) is 0 Å². The van der Waals surface area contributed by atoms with Gasteiger partial charge in [0.05, 0.1) is 6.10 Å². The summed E-state index contributed by atoms with van der Waals surface area (Å²) in [6.45, 7) is 4.61. The van der Waals surface area contributed by atoms with Crippen LogP contribution in [0.25, 0.3) is 21.5 Å². The molecule has 0 saturated carbocycles. The van der Waals surface area contributed by atoms with Gasteiger partial charge in [0, 0.05) is 0 Å². The van der Waals surface area contributed by atoms with Gasteiger partial charge in [-0.3, -0.25) is 0 Å². The molecule has 2 heteroatoms. The first-order valence-electron chi connectivity index (χ1n) is 9.94. The molecule has 0 fully saturated rings. The first-order valence-corrected chi connectivity index (χ1v) is 12.3. The van der Waals surface area contributed by atoms with Gasteiger partial charge in [0.1, 0.15) is 0 Å². The molecule has 1 aliphatic heterocycles. The van der Waals surface area contributed by atoms with Gasteiger partial charge >= 0.3 is 0 Å². The molecule has 1 atom stereocenters. The van der Waals surface area contributed by atoms with E-state index in [2.05, 4.69) is 92.7 Å². The Morgan fingerprint density at radius 2 is 1.30 bits per heavy atom. The third-order valence-electron chi connectivity index (χ3n) is 6.25. The van der Waals surface area contributed by atoms with Crippen LogP contribution in [0.2, 0.25) is 12.1 Å². The van der Waals surface area contributed by atoms with Crippen molar-refractivity contribution in [1.29, 1.82) is 0 Å². The Labute approximate surface area is 161 Å². The molecule has 0 saturated heterocycles. The van der Waals surface area contributed by atoms with E-state index in [1.54, 1.807) is 0 Å². The third kappa shape index (κ3) is 2.55. The topological polar surface area (TPSA) is 9.23 Å². The second kappa shape index (κ2) is 6.33. The van der Waals surface area contributed by atoms with Gasteiger partial charge in [-0.05, 0) is 62.1 Å². The van der Waals surface area contributed by atoms with Crippen LogP contribution in [-0.4, -0.2) is 8.32 Å². The fourth-order valence-electron chi connectivity index (χ4n) is 4.64. The highest BCUT2D eigenvalue weighted by Gasteiger charge is 2.45. The van der Waals surface area contributed by atoms with Crippen LogP contribution in [0, 0.1) is 0 Å². The molecule has 0 amide bonds. The Balaban J connectivity index is 1.73. The Hall–Kier alpha value is -2.42. The normalized spacial score (nSPS) is 18.1. The average molecular weight is 369 g/mol. The zero-order valence-corrected chi connectivity index (χ0v) is 16.9. The van der Waals surface area contributed by atoms with E-state index < -0.39 is 8.32 Å². The van der Waals surface area contributed by atoms with Crippen molar-refractivity contribution in [3.05, 3.63) is 90.0 Å². The van der Waals surface area contributed by atoms with Gasteiger partial charge in [-0.15, -0.1) is 0 Å². The van der Waals surface area contributed by atoms with Gasteiger partial charge in [0.2, 0.25) is 8.32 Å². The summed E-state index contributed by atoms with van der Waals surface area (Å²) < 4.78 is 6.96. The van der Waals surface area contributed by atoms with Gasteiger partial charge in [-0.1, -0.05) is 80.6 Å². The standard InChI is InChI=1S/C25H24OSi/c1-3-27(4-2)24-17-21-12-8-7-11-20(21)16-23(24)25(26-27)22-14-13-18-9-5-6-10-19(18)15-22/h5-17,25H,3-4H2,1-2H3/t25-/m1/s1. The van der Waals surface area contributed by atoms with Crippen LogP contribution in [0.1, 0.15) is 31.1 Å². The van der Waals surface area contributed by atoms with Crippen molar-refractivity contribution in [2.75, 3.05) is 0 Å². The van der Waals surface area contributed by atoms with Crippen LogP contribution in [0.5, 0.6) is 0 Å². The van der Waals surface area contributed by atoms with Gasteiger partial charge in [0.25, 0.3) is 0 Å². The van der Waals surface area contributed by atoms with E-state index in [0.29, 0.717) is 0 Å². The maximum Gasteiger partial charge on any atom is 0.225 e. The van der Waals surface area contributed by atoms with Crippen LogP contribution in [0.4, 0.5) is 0 Å². The second-order valence-electron chi connectivity index (χ2n) is 7.59. The molecule has 0 aliphatic carbocycles. The smallest absolute Gasteiger partial charge is 0.225 e. The van der Waals surface area contributed by atoms with Crippen LogP contribution in [0.15, 0.2) is 78.9 Å². The molecule has 134 valence electrons. The number of benzene rings is 4. The first-order chi connectivity index (χ1) is 13.2. The lowest BCUT2D eigenvalue weighted by molar-refractivity contribution is 0.253. The molecule has 1 aliphatic rings. The third-order valence-corrected chi connectivity index (χ3v) is 10.6. The average Bonchev–Trinajstić information content (AvgIpc) is 3.06. The zero-order chi connectivity index (χ0) is 18.4. The molecule has 4 aromatic carbocycles. The minimum atomic E-state index is -1.93. The summed E-state index contributed by atoms with van der Waals surface area (Å²) >= 11 is 0. The molecule has 27 heavy (non-hydrogen) atoms. The van der Waals surface area contributed by atoms with E-state index in [-0.39, 0.29) is 6.10 Å². The fourth-order valence-corrected chi connectivity index (χ4v) is 8.22. The highest BCUT2D eigenvalue weighted by molar-refractivity contribution is 6.87. The summed E-state index contributed by atoms with van der Waals surface area (Å²) in [7, 11) is -1.93. The molecule has 4 aromatic rings. The van der Waals surface area contributed by atoms with Gasteiger partial charge in [-0.25, -0.2) is 0 Å². The van der Waals surface area contributed by atoms with E-state index in [1.165, 1.54) is 37.9 Å². The highest BCUT2D eigenvalue weighted by atomic mass is 28.4. The van der Waals surface area contributed by atoms with E-state index in [0.717, 1.165) is 12.1 Å². The number of rotatable bonds is 3. The van der Waals surface area contributed by atoms with E-state index in [9.17, 15) is 0 Å². The highest BCUT2D eigenvalue weighted by Crippen LogP contribution is 2.40. The number of hydrogen-bond donors (Lipinski definition) is 0. The lowest BCUT2D eigenvalue weighted by Gasteiger charge is -2.25. The van der Waals surface area contributed by atoms with Crippen molar-refractivity contribution in [1.82, 2.24) is 0 Å². The lowest BCUT2D eigenvalue weighted by atomic mass is 9.96. The van der Waals surface area contributed by atoms with E-state index >= 15 is 0 Å². The molecule has 0 spiro atoms. The Kier molecular flexibility index (Phi) is 3.92. The van der Waals surface area contributed by atoms with Crippen LogP contribution >= 0.6 is 0 Å². The molecule has 1 nitrogen and oxygen atoms in total. The fraction of sp³-hybridized carbons (Fsp3) is 0.200. The van der Waals surface area contributed by atoms with Gasteiger partial charge in [0.15, 0.2) is 0 Å². The summed E-state index contributed by atoms with van der Waals surface area (Å²) in [6, 6.07) is 31.1. The van der Waals surface area contributed by atoms with Crippen molar-refractivity contribution in [2.24, 2.45) is 0 Å². The minimum absolute atomic E-state index is 0.0563. The van der Waals surface area contributed by atoms with Crippen LogP contribution in [0.3, 0.4) is 0 Å². The molecular formula is C25H24OSi. The maximum atomic E-state index is 6.96. The summed E-state index contributed by atoms with van der Waals surface area (Å²) in [4.78, 5) is 0. The van der Waals surface area contributed by atoms with Crippen LogP contribution in [-0.2, 0) is 4.43 Å². The van der Waals surface area contributed by atoms with Crippen molar-refractivity contribution in [3.8, 4) is 0 Å². The molecule has 0 radical (unpaired) electrons. The summed E-state index contributed by atoms with van der Waals surface area (Å²) in [5, 5.41) is 6.71. The van der Waals surface area contributed by atoms with Crippen molar-refractivity contribution in [2.45, 2.75) is 32.0 Å². The van der Waals surface area contributed by atoms with Gasteiger partial charge < -0.3 is 4.43 Å². The molecule has 0 bridgehead atoms. The largest absolute Gasteiger partial charge is 0.401 e. The predicted molar refractivity (Wildman–Crippen MR) is 117 cm³/mol. The molecular weight excluding hydrogens is 344 g/mol.